The Morgan fingerprint density at radius 2 is 2.28 bits per heavy atom. The van der Waals surface area contributed by atoms with Gasteiger partial charge in [0.2, 0.25) is 5.91 Å². The van der Waals surface area contributed by atoms with E-state index in [0.29, 0.717) is 23.6 Å². The lowest BCUT2D eigenvalue weighted by atomic mass is 10.00. The Morgan fingerprint density at radius 1 is 1.52 bits per heavy atom. The number of piperidine rings is 1. The van der Waals surface area contributed by atoms with Crippen molar-refractivity contribution in [2.75, 3.05) is 6.54 Å². The molecule has 1 aromatic rings. The molecule has 2 fully saturated rings. The number of fused-ring (bicyclic) bond motifs is 2. The van der Waals surface area contributed by atoms with E-state index >= 15 is 0 Å². The average Bonchev–Trinajstić information content (AvgIpc) is 3.09. The van der Waals surface area contributed by atoms with E-state index in [1.54, 1.807) is 0 Å². The highest BCUT2D eigenvalue weighted by atomic mass is 32.3. The molecule has 2 saturated heterocycles. The van der Waals surface area contributed by atoms with Crippen LogP contribution in [0.2, 0.25) is 0 Å². The van der Waals surface area contributed by atoms with Gasteiger partial charge in [-0.15, -0.1) is 4.28 Å². The van der Waals surface area contributed by atoms with Crippen molar-refractivity contribution in [3.8, 4) is 0 Å². The Morgan fingerprint density at radius 3 is 2.92 bits per heavy atom. The molecule has 12 nitrogen and oxygen atoms in total. The zero-order chi connectivity index (χ0) is 18.2. The minimum atomic E-state index is -4.83. The number of rotatable bonds is 5. The summed E-state index contributed by atoms with van der Waals surface area (Å²) >= 11 is 0. The number of carbonyl (C=O) groups is 2. The number of amides is 3. The van der Waals surface area contributed by atoms with Gasteiger partial charge in [0.05, 0.1) is 24.2 Å². The standard InChI is InChI=1S/C12H15N5O7S/c13-11(15-10(18)3-7-5-23-6-14-7)9-2-1-8-4-16(9)12(19)17(8)24-25(20,21)22/h5-6,8-9H,1-4H2,(H2,13,15,18)(H,20,21,22)/t8-,9+/m1/s1. The van der Waals surface area contributed by atoms with Gasteiger partial charge >= 0.3 is 16.4 Å². The van der Waals surface area contributed by atoms with Gasteiger partial charge in [-0.2, -0.15) is 13.5 Å². The maximum Gasteiger partial charge on any atom is 0.418 e. The lowest BCUT2D eigenvalue weighted by Crippen LogP contribution is -2.51. The molecule has 13 heteroatoms. The van der Waals surface area contributed by atoms with Crippen LogP contribution in [0.25, 0.3) is 0 Å². The second kappa shape index (κ2) is 6.42. The van der Waals surface area contributed by atoms with Gasteiger partial charge in [0.1, 0.15) is 12.1 Å². The van der Waals surface area contributed by atoms with Gasteiger partial charge in [-0.05, 0) is 12.8 Å². The van der Waals surface area contributed by atoms with Gasteiger partial charge in [-0.3, -0.25) is 14.8 Å². The van der Waals surface area contributed by atoms with Gasteiger partial charge in [0, 0.05) is 6.54 Å². The summed E-state index contributed by atoms with van der Waals surface area (Å²) in [6.45, 7) is 0.126. The van der Waals surface area contributed by atoms with Gasteiger partial charge in [-0.1, -0.05) is 0 Å². The third-order valence-corrected chi connectivity index (χ3v) is 4.28. The molecule has 0 spiro atoms. The van der Waals surface area contributed by atoms with Gasteiger partial charge in [0.15, 0.2) is 6.39 Å². The van der Waals surface area contributed by atoms with Crippen LogP contribution in [0.3, 0.4) is 0 Å². The van der Waals surface area contributed by atoms with E-state index in [0.717, 1.165) is 0 Å². The van der Waals surface area contributed by atoms with Gasteiger partial charge in [-0.25, -0.2) is 9.78 Å². The van der Waals surface area contributed by atoms with Crippen LogP contribution in [0, 0.1) is 5.41 Å². The van der Waals surface area contributed by atoms with Crippen LogP contribution in [0.4, 0.5) is 4.79 Å². The number of oxazole rings is 1. The molecule has 0 unspecified atom stereocenters. The first-order valence-electron chi connectivity index (χ1n) is 7.27. The van der Waals surface area contributed by atoms with E-state index in [9.17, 15) is 18.0 Å². The molecule has 136 valence electrons. The number of carbonyl (C=O) groups excluding carboxylic acids is 2. The third kappa shape index (κ3) is 3.78. The number of aromatic nitrogens is 1. The highest BCUT2D eigenvalue weighted by Crippen LogP contribution is 2.30. The van der Waals surface area contributed by atoms with Crippen LogP contribution in [0.5, 0.6) is 0 Å². The normalized spacial score (nSPS) is 23.0. The maximum absolute atomic E-state index is 12.2. The molecule has 0 saturated carbocycles. The molecule has 3 amide bonds. The van der Waals surface area contributed by atoms with Crippen LogP contribution in [-0.4, -0.2) is 64.3 Å². The van der Waals surface area contributed by atoms with Crippen molar-refractivity contribution in [3.05, 3.63) is 18.4 Å². The summed E-state index contributed by atoms with van der Waals surface area (Å²) in [7, 11) is -4.83. The van der Waals surface area contributed by atoms with Gasteiger partial charge in [0.25, 0.3) is 0 Å². The minimum absolute atomic E-state index is 0.0832. The lowest BCUT2D eigenvalue weighted by molar-refractivity contribution is -0.119. The minimum Gasteiger partial charge on any atom is -0.451 e. The van der Waals surface area contributed by atoms with Crippen LogP contribution in [0.15, 0.2) is 17.1 Å². The first kappa shape index (κ1) is 17.3. The molecule has 2 bridgehead atoms. The monoisotopic (exact) mass is 373 g/mol. The number of hydrogen-bond donors (Lipinski definition) is 3. The summed E-state index contributed by atoms with van der Waals surface area (Å²) in [5.41, 5.74) is 0.402. The van der Waals surface area contributed by atoms with Crippen molar-refractivity contribution in [1.29, 1.82) is 5.41 Å². The highest BCUT2D eigenvalue weighted by molar-refractivity contribution is 7.80. The predicted octanol–water partition coefficient (Wildman–Crippen LogP) is -0.686. The molecule has 2 atom stereocenters. The van der Waals surface area contributed by atoms with Crippen LogP contribution >= 0.6 is 0 Å². The Bertz CT molecular complexity index is 793. The molecule has 3 rings (SSSR count). The zero-order valence-electron chi connectivity index (χ0n) is 12.8. The Balaban J connectivity index is 1.63. The number of urea groups is 1. The largest absolute Gasteiger partial charge is 0.451 e. The Kier molecular flexibility index (Phi) is 4.45. The fourth-order valence-corrected chi connectivity index (χ4v) is 3.29. The number of hydroxylamine groups is 2. The SMILES string of the molecule is N=C(NC(=O)Cc1cocn1)[C@@H]1CC[C@@H]2CN1C(=O)N2OS(=O)(=O)O. The molecule has 2 aliphatic heterocycles. The molecule has 3 heterocycles. The number of hydrogen-bond acceptors (Lipinski definition) is 8. The van der Waals surface area contributed by atoms with Crippen LogP contribution in [-0.2, 0) is 25.9 Å². The summed E-state index contributed by atoms with van der Waals surface area (Å²) in [5.74, 6) is -0.673. The number of nitrogens with zero attached hydrogens (tertiary/aromatic N) is 3. The molecule has 2 aliphatic rings. The maximum atomic E-state index is 12.2. The van der Waals surface area contributed by atoms with E-state index in [1.165, 1.54) is 17.6 Å². The summed E-state index contributed by atoms with van der Waals surface area (Å²) in [5, 5.41) is 11.0. The topological polar surface area (TPSA) is 166 Å². The summed E-state index contributed by atoms with van der Waals surface area (Å²) in [4.78, 5) is 29.2. The summed E-state index contributed by atoms with van der Waals surface area (Å²) < 4.78 is 39.5. The second-order valence-corrected chi connectivity index (χ2v) is 6.63. The van der Waals surface area contributed by atoms with Crippen molar-refractivity contribution in [1.82, 2.24) is 20.3 Å². The van der Waals surface area contributed by atoms with Crippen molar-refractivity contribution >= 4 is 28.2 Å². The second-order valence-electron chi connectivity index (χ2n) is 5.63. The molecular formula is C12H15N5O7S. The molecule has 1 aromatic heterocycles. The molecule has 25 heavy (non-hydrogen) atoms. The molecule has 3 N–H and O–H groups in total. The van der Waals surface area contributed by atoms with Gasteiger partial charge < -0.3 is 14.6 Å². The van der Waals surface area contributed by atoms with Crippen LogP contribution < -0.4 is 5.32 Å². The molecule has 0 radical (unpaired) electrons. The average molecular weight is 373 g/mol. The fourth-order valence-electron chi connectivity index (χ4n) is 2.90. The fraction of sp³-hybridized carbons (Fsp3) is 0.500. The third-order valence-electron chi connectivity index (χ3n) is 3.93. The first-order valence-corrected chi connectivity index (χ1v) is 8.63. The van der Waals surface area contributed by atoms with Crippen molar-refractivity contribution in [2.24, 2.45) is 0 Å². The van der Waals surface area contributed by atoms with E-state index < -0.39 is 34.4 Å². The van der Waals surface area contributed by atoms with Crippen molar-refractivity contribution in [3.63, 3.8) is 0 Å². The van der Waals surface area contributed by atoms with Crippen molar-refractivity contribution < 1.29 is 31.3 Å². The predicted molar refractivity (Wildman–Crippen MR) is 79.5 cm³/mol. The quantitative estimate of drug-likeness (QED) is 0.346. The summed E-state index contributed by atoms with van der Waals surface area (Å²) in [6, 6.07) is -2.06. The molecular weight excluding hydrogens is 358 g/mol. The summed E-state index contributed by atoms with van der Waals surface area (Å²) in [6.07, 6.45) is 3.10. The number of nitrogens with one attached hydrogen (secondary N) is 2. The lowest BCUT2D eigenvalue weighted by Gasteiger charge is -2.30. The van der Waals surface area contributed by atoms with E-state index in [2.05, 4.69) is 14.6 Å². The Hall–Kier alpha value is -2.51. The number of amidine groups is 1. The van der Waals surface area contributed by atoms with Crippen molar-refractivity contribution in [2.45, 2.75) is 31.3 Å². The smallest absolute Gasteiger partial charge is 0.418 e. The zero-order valence-corrected chi connectivity index (χ0v) is 13.6. The van der Waals surface area contributed by atoms with E-state index in [-0.39, 0.29) is 18.8 Å². The van der Waals surface area contributed by atoms with E-state index in [4.69, 9.17) is 14.4 Å². The Labute approximate surface area is 142 Å². The molecule has 0 aliphatic carbocycles. The first-order chi connectivity index (χ1) is 11.7. The molecule has 0 aromatic carbocycles. The van der Waals surface area contributed by atoms with Crippen LogP contribution in [0.1, 0.15) is 18.5 Å². The van der Waals surface area contributed by atoms with E-state index in [1.807, 2.05) is 0 Å². The highest BCUT2D eigenvalue weighted by Gasteiger charge is 2.48.